The molecule has 0 N–H and O–H groups in total. The van der Waals surface area contributed by atoms with Crippen molar-refractivity contribution in [3.8, 4) is 0 Å². The quantitative estimate of drug-likeness (QED) is 0.206. The largest absolute Gasteiger partial charge is 0.0877 e. The molecule has 5 aromatic rings. The standard InChI is InChI=1S/C19H18.C12H8S2/c1-13-5-4-8-17-15(13)11-12-18-16-7-3-2-6-14(16)9-10-19(17)18;1-2-6-10-9(5-1)13-11-7-3-4-8-12(11)14-10/h2-3,6-7,9-13H,4-5,8H2,1H3;1-8H. The number of aryl methyl sites for hydroxylation is 1. The summed E-state index contributed by atoms with van der Waals surface area (Å²) in [5, 5.41) is 5.63. The predicted molar refractivity (Wildman–Crippen MR) is 144 cm³/mol. The molecule has 1 aliphatic carbocycles. The highest BCUT2D eigenvalue weighted by atomic mass is 32.2. The molecule has 1 atom stereocenters. The molecule has 0 aromatic heterocycles. The maximum absolute atomic E-state index is 2.37. The molecule has 0 amide bonds. The Bertz CT molecular complexity index is 1380. The van der Waals surface area contributed by atoms with Crippen LogP contribution in [0.5, 0.6) is 0 Å². The van der Waals surface area contributed by atoms with Crippen molar-refractivity contribution in [3.05, 3.63) is 108 Å². The summed E-state index contributed by atoms with van der Waals surface area (Å²) in [6.45, 7) is 2.37. The Kier molecular flexibility index (Phi) is 5.65. The fourth-order valence-corrected chi connectivity index (χ4v) is 7.36. The van der Waals surface area contributed by atoms with Crippen LogP contribution in [-0.2, 0) is 6.42 Å². The van der Waals surface area contributed by atoms with Crippen LogP contribution in [0, 0.1) is 0 Å². The van der Waals surface area contributed by atoms with Crippen molar-refractivity contribution < 1.29 is 0 Å². The van der Waals surface area contributed by atoms with Crippen LogP contribution in [0.15, 0.2) is 117 Å². The fraction of sp³-hybridized carbons (Fsp3) is 0.161. The summed E-state index contributed by atoms with van der Waals surface area (Å²) >= 11 is 3.72. The lowest BCUT2D eigenvalue weighted by molar-refractivity contribution is 0.593. The van der Waals surface area contributed by atoms with Gasteiger partial charge in [0.1, 0.15) is 0 Å². The molecule has 0 bridgehead atoms. The lowest BCUT2D eigenvalue weighted by Gasteiger charge is -2.24. The van der Waals surface area contributed by atoms with Crippen molar-refractivity contribution >= 4 is 45.1 Å². The third-order valence-corrected chi connectivity index (χ3v) is 9.37. The highest BCUT2D eigenvalue weighted by molar-refractivity contribution is 8.05. The maximum Gasteiger partial charge on any atom is 0.0262 e. The summed E-state index contributed by atoms with van der Waals surface area (Å²) in [4.78, 5) is 5.49. The van der Waals surface area contributed by atoms with Crippen LogP contribution < -0.4 is 0 Å². The molecule has 1 heterocycles. The zero-order chi connectivity index (χ0) is 22.2. The van der Waals surface area contributed by atoms with Crippen LogP contribution in [0.2, 0.25) is 0 Å². The van der Waals surface area contributed by atoms with Gasteiger partial charge in [0.25, 0.3) is 0 Å². The van der Waals surface area contributed by atoms with Gasteiger partial charge >= 0.3 is 0 Å². The van der Waals surface area contributed by atoms with E-state index < -0.39 is 0 Å². The first-order valence-corrected chi connectivity index (χ1v) is 13.4. The lowest BCUT2D eigenvalue weighted by Crippen LogP contribution is -2.07. The first kappa shape index (κ1) is 20.9. The molecule has 0 saturated carbocycles. The van der Waals surface area contributed by atoms with Gasteiger partial charge in [-0.15, -0.1) is 0 Å². The van der Waals surface area contributed by atoms with Gasteiger partial charge in [0.15, 0.2) is 0 Å². The van der Waals surface area contributed by atoms with E-state index in [4.69, 9.17) is 0 Å². The van der Waals surface area contributed by atoms with Crippen LogP contribution in [-0.4, -0.2) is 0 Å². The Morgan fingerprint density at radius 2 is 1.15 bits per heavy atom. The highest BCUT2D eigenvalue weighted by Gasteiger charge is 2.18. The Hall–Kier alpha value is -2.68. The second-order valence-corrected chi connectivity index (χ2v) is 11.1. The number of benzene rings is 5. The molecule has 5 aromatic carbocycles. The van der Waals surface area contributed by atoms with Gasteiger partial charge in [0, 0.05) is 19.6 Å². The molecule has 162 valence electrons. The summed E-state index contributed by atoms with van der Waals surface area (Å²) < 4.78 is 0. The Morgan fingerprint density at radius 3 is 1.82 bits per heavy atom. The molecule has 1 aliphatic heterocycles. The van der Waals surface area contributed by atoms with Crippen molar-refractivity contribution in [2.45, 2.75) is 51.7 Å². The summed E-state index contributed by atoms with van der Waals surface area (Å²) in [7, 11) is 0. The fourth-order valence-electron chi connectivity index (χ4n) is 5.12. The van der Waals surface area contributed by atoms with Crippen molar-refractivity contribution in [3.63, 3.8) is 0 Å². The van der Waals surface area contributed by atoms with E-state index in [1.165, 1.54) is 60.4 Å². The minimum atomic E-state index is 0.722. The van der Waals surface area contributed by atoms with E-state index in [0.29, 0.717) is 0 Å². The van der Waals surface area contributed by atoms with E-state index in [1.54, 1.807) is 11.1 Å². The molecule has 2 heteroatoms. The zero-order valence-electron chi connectivity index (χ0n) is 18.8. The van der Waals surface area contributed by atoms with Gasteiger partial charge in [0.2, 0.25) is 0 Å². The predicted octanol–water partition coefficient (Wildman–Crippen LogP) is 9.74. The van der Waals surface area contributed by atoms with Crippen LogP contribution >= 0.6 is 23.5 Å². The summed E-state index contributed by atoms with van der Waals surface area (Å²) in [5.74, 6) is 0.722. The second-order valence-electron chi connectivity index (χ2n) is 8.91. The van der Waals surface area contributed by atoms with Gasteiger partial charge in [-0.2, -0.15) is 0 Å². The van der Waals surface area contributed by atoms with Gasteiger partial charge in [-0.25, -0.2) is 0 Å². The monoisotopic (exact) mass is 462 g/mol. The molecule has 33 heavy (non-hydrogen) atoms. The molecule has 0 saturated heterocycles. The number of fused-ring (bicyclic) bond motifs is 7. The Morgan fingerprint density at radius 1 is 0.576 bits per heavy atom. The van der Waals surface area contributed by atoms with E-state index in [-0.39, 0.29) is 0 Å². The third-order valence-electron chi connectivity index (χ3n) is 6.81. The normalized spacial score (nSPS) is 16.3. The van der Waals surface area contributed by atoms with Crippen LogP contribution in [0.4, 0.5) is 0 Å². The zero-order valence-corrected chi connectivity index (χ0v) is 20.4. The molecule has 1 unspecified atom stereocenters. The topological polar surface area (TPSA) is 0 Å². The molecule has 0 radical (unpaired) electrons. The van der Waals surface area contributed by atoms with E-state index in [2.05, 4.69) is 104 Å². The molecule has 0 spiro atoms. The number of hydrogen-bond donors (Lipinski definition) is 0. The minimum absolute atomic E-state index is 0.722. The molecular weight excluding hydrogens is 436 g/mol. The second kappa shape index (κ2) is 8.93. The lowest BCUT2D eigenvalue weighted by atomic mass is 9.81. The van der Waals surface area contributed by atoms with Gasteiger partial charge in [-0.1, -0.05) is 103 Å². The van der Waals surface area contributed by atoms with Crippen molar-refractivity contribution in [2.75, 3.05) is 0 Å². The summed E-state index contributed by atoms with van der Waals surface area (Å²) in [6.07, 6.45) is 3.92. The van der Waals surface area contributed by atoms with Gasteiger partial charge in [-0.3, -0.25) is 0 Å². The van der Waals surface area contributed by atoms with E-state index in [1.807, 2.05) is 23.5 Å². The number of rotatable bonds is 0. The third kappa shape index (κ3) is 3.96. The molecule has 7 rings (SSSR count). The highest BCUT2D eigenvalue weighted by Crippen LogP contribution is 2.47. The van der Waals surface area contributed by atoms with Crippen LogP contribution in [0.25, 0.3) is 21.5 Å². The SMILES string of the molecule is CC1CCCc2c1ccc1c2ccc2ccccc21.c1ccc2c(c1)Sc1ccccc1S2. The molecular formula is C31H26S2. The molecule has 0 fully saturated rings. The first-order valence-electron chi connectivity index (χ1n) is 11.7. The van der Waals surface area contributed by atoms with Crippen molar-refractivity contribution in [1.82, 2.24) is 0 Å². The summed E-state index contributed by atoms with van der Waals surface area (Å²) in [5.41, 5.74) is 3.18. The van der Waals surface area contributed by atoms with E-state index in [0.717, 1.165) is 5.92 Å². The van der Waals surface area contributed by atoms with Crippen LogP contribution in [0.3, 0.4) is 0 Å². The van der Waals surface area contributed by atoms with Gasteiger partial charge in [0.05, 0.1) is 0 Å². The molecule has 2 aliphatic rings. The maximum atomic E-state index is 2.37. The average Bonchev–Trinajstić information content (AvgIpc) is 2.87. The average molecular weight is 463 g/mol. The Labute approximate surface area is 204 Å². The van der Waals surface area contributed by atoms with Crippen molar-refractivity contribution in [2.24, 2.45) is 0 Å². The van der Waals surface area contributed by atoms with Crippen LogP contribution in [0.1, 0.15) is 36.8 Å². The Balaban J connectivity index is 0.000000131. The van der Waals surface area contributed by atoms with E-state index in [9.17, 15) is 0 Å². The molecule has 0 nitrogen and oxygen atoms in total. The summed E-state index contributed by atoms with van der Waals surface area (Å²) in [6, 6.07) is 35.1. The first-order chi connectivity index (χ1) is 16.3. The number of hydrogen-bond acceptors (Lipinski definition) is 2. The van der Waals surface area contributed by atoms with Crippen molar-refractivity contribution in [1.29, 1.82) is 0 Å². The van der Waals surface area contributed by atoms with Gasteiger partial charge in [-0.05, 0) is 82.1 Å². The van der Waals surface area contributed by atoms with E-state index >= 15 is 0 Å². The minimum Gasteiger partial charge on any atom is -0.0877 e. The smallest absolute Gasteiger partial charge is 0.0262 e. The van der Waals surface area contributed by atoms with Gasteiger partial charge < -0.3 is 0 Å².